The third kappa shape index (κ3) is 4.73. The number of hydrogen-bond donors (Lipinski definition) is 0. The van der Waals surface area contributed by atoms with Crippen LogP contribution in [-0.4, -0.2) is 41.5 Å². The summed E-state index contributed by atoms with van der Waals surface area (Å²) in [6, 6.07) is 9.91. The SMILES string of the molecule is Cc1nc(C(=O)N2CCC[C@@H](C)[C@H]2CN2CCc3cc(C(F)(F)F)ccc32)c(-c2ccc(F)cc2)s1. The fraction of sp³-hybridized carbons (Fsp3) is 0.407. The molecule has 0 unspecified atom stereocenters. The Morgan fingerprint density at radius 1 is 1.14 bits per heavy atom. The zero-order valence-electron chi connectivity index (χ0n) is 20.1. The van der Waals surface area contributed by atoms with Crippen molar-refractivity contribution in [2.24, 2.45) is 5.92 Å². The standard InChI is InChI=1S/C27H27F4N3OS/c1-16-4-3-12-34(26(35)24-25(36-17(2)32-24)18-5-8-21(28)9-6-18)23(16)15-33-13-11-19-14-20(27(29,30)31)7-10-22(19)33/h5-10,14,16,23H,3-4,11-13,15H2,1-2H3/t16-,23-/m1/s1. The molecule has 2 aliphatic rings. The zero-order chi connectivity index (χ0) is 25.6. The lowest BCUT2D eigenvalue weighted by Crippen LogP contribution is -2.53. The number of halogens is 4. The summed E-state index contributed by atoms with van der Waals surface area (Å²) >= 11 is 1.41. The quantitative estimate of drug-likeness (QED) is 0.367. The Labute approximate surface area is 211 Å². The van der Waals surface area contributed by atoms with Crippen molar-refractivity contribution in [3.05, 3.63) is 70.1 Å². The smallest absolute Gasteiger partial charge is 0.369 e. The minimum absolute atomic E-state index is 0.0948. The Kier molecular flexibility index (Phi) is 6.53. The Morgan fingerprint density at radius 3 is 2.61 bits per heavy atom. The molecule has 0 N–H and O–H groups in total. The van der Waals surface area contributed by atoms with Gasteiger partial charge in [0.2, 0.25) is 0 Å². The molecule has 36 heavy (non-hydrogen) atoms. The van der Waals surface area contributed by atoms with E-state index in [0.717, 1.165) is 40.0 Å². The van der Waals surface area contributed by atoms with Gasteiger partial charge in [-0.25, -0.2) is 9.37 Å². The highest BCUT2D eigenvalue weighted by atomic mass is 32.1. The molecule has 3 heterocycles. The van der Waals surface area contributed by atoms with Crippen LogP contribution in [0.3, 0.4) is 0 Å². The molecule has 0 bridgehead atoms. The molecule has 2 aliphatic heterocycles. The topological polar surface area (TPSA) is 36.4 Å². The third-order valence-electron chi connectivity index (χ3n) is 7.23. The number of thiazole rings is 1. The molecule has 0 radical (unpaired) electrons. The predicted octanol–water partition coefficient (Wildman–Crippen LogP) is 6.58. The van der Waals surface area contributed by atoms with Gasteiger partial charge in [-0.05, 0) is 73.6 Å². The number of amides is 1. The first-order chi connectivity index (χ1) is 17.1. The maximum Gasteiger partial charge on any atom is 0.416 e. The Hall–Kier alpha value is -2.94. The van der Waals surface area contributed by atoms with Crippen LogP contribution in [0.15, 0.2) is 42.5 Å². The van der Waals surface area contributed by atoms with E-state index in [4.69, 9.17) is 0 Å². The predicted molar refractivity (Wildman–Crippen MR) is 133 cm³/mol. The minimum atomic E-state index is -4.36. The van der Waals surface area contributed by atoms with Crippen molar-refractivity contribution >= 4 is 22.9 Å². The van der Waals surface area contributed by atoms with E-state index < -0.39 is 11.7 Å². The second-order valence-corrected chi connectivity index (χ2v) is 10.8. The maximum atomic E-state index is 13.9. The number of alkyl halides is 3. The summed E-state index contributed by atoms with van der Waals surface area (Å²) in [6.45, 7) is 5.75. The van der Waals surface area contributed by atoms with E-state index in [1.54, 1.807) is 18.2 Å². The molecule has 1 saturated heterocycles. The van der Waals surface area contributed by atoms with Crippen molar-refractivity contribution in [3.8, 4) is 10.4 Å². The molecular formula is C27H27F4N3OS. The van der Waals surface area contributed by atoms with E-state index in [-0.39, 0.29) is 23.7 Å². The zero-order valence-corrected chi connectivity index (χ0v) is 20.9. The second-order valence-electron chi connectivity index (χ2n) is 9.64. The molecule has 2 aromatic carbocycles. The number of anilines is 1. The monoisotopic (exact) mass is 517 g/mol. The van der Waals surface area contributed by atoms with Crippen molar-refractivity contribution in [2.45, 2.75) is 45.3 Å². The van der Waals surface area contributed by atoms with Crippen molar-refractivity contribution in [1.82, 2.24) is 9.88 Å². The van der Waals surface area contributed by atoms with Gasteiger partial charge in [0.15, 0.2) is 0 Å². The lowest BCUT2D eigenvalue weighted by atomic mass is 9.89. The van der Waals surface area contributed by atoms with Gasteiger partial charge >= 0.3 is 6.18 Å². The number of rotatable bonds is 4. The van der Waals surface area contributed by atoms with Crippen LogP contribution in [0.4, 0.5) is 23.2 Å². The van der Waals surface area contributed by atoms with E-state index in [1.165, 1.54) is 29.5 Å². The number of benzene rings is 2. The van der Waals surface area contributed by atoms with Gasteiger partial charge in [-0.2, -0.15) is 13.2 Å². The summed E-state index contributed by atoms with van der Waals surface area (Å²) in [7, 11) is 0. The molecule has 2 atom stereocenters. The summed E-state index contributed by atoms with van der Waals surface area (Å²) in [5, 5.41) is 0.758. The molecule has 0 spiro atoms. The fourth-order valence-electron chi connectivity index (χ4n) is 5.35. The largest absolute Gasteiger partial charge is 0.416 e. The number of fused-ring (bicyclic) bond motifs is 1. The molecule has 1 aromatic heterocycles. The van der Waals surface area contributed by atoms with Gasteiger partial charge in [-0.3, -0.25) is 4.79 Å². The highest BCUT2D eigenvalue weighted by Crippen LogP contribution is 2.38. The summed E-state index contributed by atoms with van der Waals surface area (Å²) in [4.78, 5) is 23.1. The number of carbonyl (C=O) groups is 1. The summed E-state index contributed by atoms with van der Waals surface area (Å²) in [6.07, 6.45) is -1.96. The number of hydrogen-bond acceptors (Lipinski definition) is 4. The molecule has 190 valence electrons. The lowest BCUT2D eigenvalue weighted by molar-refractivity contribution is -0.137. The minimum Gasteiger partial charge on any atom is -0.369 e. The highest BCUT2D eigenvalue weighted by Gasteiger charge is 2.37. The van der Waals surface area contributed by atoms with E-state index in [1.807, 2.05) is 11.8 Å². The summed E-state index contributed by atoms with van der Waals surface area (Å²) in [5.74, 6) is -0.261. The lowest BCUT2D eigenvalue weighted by Gasteiger charge is -2.42. The van der Waals surface area contributed by atoms with E-state index in [0.29, 0.717) is 37.3 Å². The molecule has 0 aliphatic carbocycles. The van der Waals surface area contributed by atoms with Gasteiger partial charge in [0.25, 0.3) is 5.91 Å². The highest BCUT2D eigenvalue weighted by molar-refractivity contribution is 7.15. The molecule has 1 amide bonds. The molecule has 5 rings (SSSR count). The number of aromatic nitrogens is 1. The van der Waals surface area contributed by atoms with Crippen LogP contribution in [-0.2, 0) is 12.6 Å². The Balaban J connectivity index is 1.42. The van der Waals surface area contributed by atoms with E-state index in [9.17, 15) is 22.4 Å². The van der Waals surface area contributed by atoms with Crippen molar-refractivity contribution < 1.29 is 22.4 Å². The van der Waals surface area contributed by atoms with Crippen molar-refractivity contribution in [3.63, 3.8) is 0 Å². The van der Waals surface area contributed by atoms with Gasteiger partial charge < -0.3 is 9.80 Å². The van der Waals surface area contributed by atoms with Crippen LogP contribution >= 0.6 is 11.3 Å². The molecule has 3 aromatic rings. The molecule has 9 heteroatoms. The maximum absolute atomic E-state index is 13.9. The average molecular weight is 518 g/mol. The van der Waals surface area contributed by atoms with Gasteiger partial charge in [-0.1, -0.05) is 19.1 Å². The first kappa shape index (κ1) is 24.7. The summed E-state index contributed by atoms with van der Waals surface area (Å²) < 4.78 is 53.0. The first-order valence-corrected chi connectivity index (χ1v) is 12.9. The first-order valence-electron chi connectivity index (χ1n) is 12.1. The van der Waals surface area contributed by atoms with Gasteiger partial charge in [0, 0.05) is 25.3 Å². The number of carbonyl (C=O) groups excluding carboxylic acids is 1. The molecular weight excluding hydrogens is 490 g/mol. The average Bonchev–Trinajstić information content (AvgIpc) is 3.43. The third-order valence-corrected chi connectivity index (χ3v) is 8.25. The van der Waals surface area contributed by atoms with Crippen molar-refractivity contribution in [2.75, 3.05) is 24.5 Å². The number of likely N-dealkylation sites (tertiary alicyclic amines) is 1. The number of nitrogens with zero attached hydrogens (tertiary/aromatic N) is 3. The van der Waals surface area contributed by atoms with Crippen molar-refractivity contribution in [1.29, 1.82) is 0 Å². The molecule has 0 saturated carbocycles. The van der Waals surface area contributed by atoms with Gasteiger partial charge in [-0.15, -0.1) is 11.3 Å². The molecule has 1 fully saturated rings. The molecule has 4 nitrogen and oxygen atoms in total. The normalized spacial score (nSPS) is 20.1. The van der Waals surface area contributed by atoms with Crippen LogP contribution in [0.2, 0.25) is 0 Å². The number of piperidine rings is 1. The van der Waals surface area contributed by atoms with Crippen LogP contribution in [0.5, 0.6) is 0 Å². The van der Waals surface area contributed by atoms with E-state index in [2.05, 4.69) is 16.8 Å². The van der Waals surface area contributed by atoms with Crippen LogP contribution in [0, 0.1) is 18.7 Å². The summed E-state index contributed by atoms with van der Waals surface area (Å²) in [5.41, 5.74) is 2.00. The van der Waals surface area contributed by atoms with Gasteiger partial charge in [0.05, 0.1) is 21.5 Å². The van der Waals surface area contributed by atoms with Crippen LogP contribution in [0.25, 0.3) is 10.4 Å². The van der Waals surface area contributed by atoms with Crippen LogP contribution < -0.4 is 4.90 Å². The fourth-order valence-corrected chi connectivity index (χ4v) is 6.26. The number of aryl methyl sites for hydroxylation is 1. The Morgan fingerprint density at radius 2 is 1.89 bits per heavy atom. The van der Waals surface area contributed by atoms with E-state index >= 15 is 0 Å². The van der Waals surface area contributed by atoms with Crippen LogP contribution in [0.1, 0.15) is 46.4 Å². The Bertz CT molecular complexity index is 1270. The van der Waals surface area contributed by atoms with Gasteiger partial charge in [0.1, 0.15) is 11.5 Å². The second kappa shape index (κ2) is 9.50.